The SMILES string of the molecule is COc1cccc(CN(CCC(N)=NO)C2CC2)n1. The molecule has 6 nitrogen and oxygen atoms in total. The quantitative estimate of drug-likeness (QED) is 0.334. The molecule has 19 heavy (non-hydrogen) atoms. The van der Waals surface area contributed by atoms with Crippen molar-refractivity contribution in [2.45, 2.75) is 31.8 Å². The van der Waals surface area contributed by atoms with Gasteiger partial charge in [-0.25, -0.2) is 4.98 Å². The van der Waals surface area contributed by atoms with Crippen LogP contribution < -0.4 is 10.5 Å². The Balaban J connectivity index is 1.95. The average Bonchev–Trinajstić information content (AvgIpc) is 3.27. The molecule has 0 aromatic carbocycles. The molecule has 0 amide bonds. The molecule has 0 aliphatic heterocycles. The molecule has 0 radical (unpaired) electrons. The highest BCUT2D eigenvalue weighted by Crippen LogP contribution is 2.28. The van der Waals surface area contributed by atoms with Gasteiger partial charge in [0.15, 0.2) is 0 Å². The van der Waals surface area contributed by atoms with E-state index in [1.165, 1.54) is 12.8 Å². The van der Waals surface area contributed by atoms with Crippen molar-refractivity contribution < 1.29 is 9.94 Å². The lowest BCUT2D eigenvalue weighted by Crippen LogP contribution is -2.30. The van der Waals surface area contributed by atoms with E-state index >= 15 is 0 Å². The third-order valence-corrected chi connectivity index (χ3v) is 3.20. The molecule has 1 fully saturated rings. The zero-order valence-corrected chi connectivity index (χ0v) is 11.1. The van der Waals surface area contributed by atoms with Gasteiger partial charge in [-0.2, -0.15) is 0 Å². The van der Waals surface area contributed by atoms with E-state index < -0.39 is 0 Å². The summed E-state index contributed by atoms with van der Waals surface area (Å²) in [6, 6.07) is 6.36. The van der Waals surface area contributed by atoms with Crippen molar-refractivity contribution in [3.8, 4) is 5.88 Å². The van der Waals surface area contributed by atoms with E-state index in [4.69, 9.17) is 15.7 Å². The number of pyridine rings is 1. The van der Waals surface area contributed by atoms with Crippen LogP contribution in [-0.2, 0) is 6.54 Å². The van der Waals surface area contributed by atoms with E-state index in [9.17, 15) is 0 Å². The molecular weight excluding hydrogens is 244 g/mol. The van der Waals surface area contributed by atoms with E-state index in [2.05, 4.69) is 15.0 Å². The number of oxime groups is 1. The first-order chi connectivity index (χ1) is 9.22. The zero-order chi connectivity index (χ0) is 13.7. The normalized spacial score (nSPS) is 15.8. The minimum atomic E-state index is 0.268. The van der Waals surface area contributed by atoms with Crippen LogP contribution in [-0.4, -0.2) is 40.6 Å². The number of amidine groups is 1. The second kappa shape index (κ2) is 6.38. The third-order valence-electron chi connectivity index (χ3n) is 3.20. The molecule has 1 aliphatic rings. The Morgan fingerprint density at radius 3 is 3.00 bits per heavy atom. The zero-order valence-electron chi connectivity index (χ0n) is 11.1. The first kappa shape index (κ1) is 13.6. The van der Waals surface area contributed by atoms with Crippen LogP contribution in [0.4, 0.5) is 0 Å². The fourth-order valence-electron chi connectivity index (χ4n) is 2.01. The number of hydrogen-bond donors (Lipinski definition) is 2. The molecular formula is C13H20N4O2. The molecule has 1 heterocycles. The van der Waals surface area contributed by atoms with Crippen molar-refractivity contribution in [1.29, 1.82) is 0 Å². The van der Waals surface area contributed by atoms with Crippen LogP contribution in [0.5, 0.6) is 5.88 Å². The lowest BCUT2D eigenvalue weighted by Gasteiger charge is -2.21. The predicted octanol–water partition coefficient (Wildman–Crippen LogP) is 1.19. The summed E-state index contributed by atoms with van der Waals surface area (Å²) in [6.07, 6.45) is 2.98. The number of ether oxygens (including phenoxy) is 1. The molecule has 1 saturated carbocycles. The monoisotopic (exact) mass is 264 g/mol. The molecule has 0 saturated heterocycles. The van der Waals surface area contributed by atoms with Crippen LogP contribution in [0.2, 0.25) is 0 Å². The van der Waals surface area contributed by atoms with Gasteiger partial charge >= 0.3 is 0 Å². The second-order valence-electron chi connectivity index (χ2n) is 4.71. The van der Waals surface area contributed by atoms with Crippen LogP contribution >= 0.6 is 0 Å². The number of nitrogens with zero attached hydrogens (tertiary/aromatic N) is 3. The van der Waals surface area contributed by atoms with Crippen LogP contribution in [0.15, 0.2) is 23.4 Å². The molecule has 1 aliphatic carbocycles. The summed E-state index contributed by atoms with van der Waals surface area (Å²) in [4.78, 5) is 6.73. The highest BCUT2D eigenvalue weighted by molar-refractivity contribution is 5.79. The maximum Gasteiger partial charge on any atom is 0.213 e. The van der Waals surface area contributed by atoms with Gasteiger partial charge in [0.25, 0.3) is 0 Å². The van der Waals surface area contributed by atoms with Crippen molar-refractivity contribution in [3.63, 3.8) is 0 Å². The maximum atomic E-state index is 8.58. The fraction of sp³-hybridized carbons (Fsp3) is 0.538. The van der Waals surface area contributed by atoms with Gasteiger partial charge in [-0.15, -0.1) is 0 Å². The van der Waals surface area contributed by atoms with Crippen molar-refractivity contribution in [1.82, 2.24) is 9.88 Å². The molecule has 2 rings (SSSR count). The molecule has 0 bridgehead atoms. The number of methoxy groups -OCH3 is 1. The highest BCUT2D eigenvalue weighted by Gasteiger charge is 2.29. The smallest absolute Gasteiger partial charge is 0.213 e. The van der Waals surface area contributed by atoms with Crippen molar-refractivity contribution in [2.24, 2.45) is 10.9 Å². The minimum absolute atomic E-state index is 0.268. The van der Waals surface area contributed by atoms with E-state index in [0.29, 0.717) is 18.3 Å². The Hall–Kier alpha value is -1.82. The summed E-state index contributed by atoms with van der Waals surface area (Å²) < 4.78 is 5.13. The molecule has 1 aromatic heterocycles. The van der Waals surface area contributed by atoms with Gasteiger partial charge in [-0.3, -0.25) is 4.90 Å². The van der Waals surface area contributed by atoms with Gasteiger partial charge in [0.1, 0.15) is 5.84 Å². The Morgan fingerprint density at radius 2 is 2.37 bits per heavy atom. The summed E-state index contributed by atoms with van der Waals surface area (Å²) >= 11 is 0. The van der Waals surface area contributed by atoms with Crippen LogP contribution in [0.3, 0.4) is 0 Å². The topological polar surface area (TPSA) is 84.0 Å². The molecule has 0 unspecified atom stereocenters. The summed E-state index contributed by atoms with van der Waals surface area (Å²) in [7, 11) is 1.61. The van der Waals surface area contributed by atoms with Gasteiger partial charge in [0.2, 0.25) is 5.88 Å². The summed E-state index contributed by atoms with van der Waals surface area (Å²) in [5.74, 6) is 0.897. The van der Waals surface area contributed by atoms with Crippen molar-refractivity contribution >= 4 is 5.84 Å². The minimum Gasteiger partial charge on any atom is -0.481 e. The van der Waals surface area contributed by atoms with Gasteiger partial charge < -0.3 is 15.7 Å². The number of rotatable bonds is 7. The van der Waals surface area contributed by atoms with E-state index in [0.717, 1.165) is 18.8 Å². The fourth-order valence-corrected chi connectivity index (χ4v) is 2.01. The second-order valence-corrected chi connectivity index (χ2v) is 4.71. The van der Waals surface area contributed by atoms with E-state index in [-0.39, 0.29) is 5.84 Å². The van der Waals surface area contributed by atoms with Gasteiger partial charge in [-0.05, 0) is 18.9 Å². The maximum absolute atomic E-state index is 8.58. The average molecular weight is 264 g/mol. The largest absolute Gasteiger partial charge is 0.481 e. The van der Waals surface area contributed by atoms with Gasteiger partial charge in [0, 0.05) is 31.6 Å². The Bertz CT molecular complexity index is 446. The van der Waals surface area contributed by atoms with Gasteiger partial charge in [0.05, 0.1) is 12.8 Å². The number of nitrogens with two attached hydrogens (primary N) is 1. The summed E-state index contributed by atoms with van der Waals surface area (Å²) in [5, 5.41) is 11.6. The third kappa shape index (κ3) is 4.10. The Morgan fingerprint density at radius 1 is 1.58 bits per heavy atom. The van der Waals surface area contributed by atoms with Gasteiger partial charge in [-0.1, -0.05) is 11.2 Å². The lowest BCUT2D eigenvalue weighted by molar-refractivity contribution is 0.255. The molecule has 3 N–H and O–H groups in total. The first-order valence-corrected chi connectivity index (χ1v) is 6.43. The molecule has 104 valence electrons. The highest BCUT2D eigenvalue weighted by atomic mass is 16.5. The van der Waals surface area contributed by atoms with Crippen molar-refractivity contribution in [3.05, 3.63) is 23.9 Å². The first-order valence-electron chi connectivity index (χ1n) is 6.43. The summed E-state index contributed by atoms with van der Waals surface area (Å²) in [5.41, 5.74) is 6.50. The van der Waals surface area contributed by atoms with E-state index in [1.54, 1.807) is 7.11 Å². The Kier molecular flexibility index (Phi) is 4.57. The molecule has 0 atom stereocenters. The van der Waals surface area contributed by atoms with Crippen LogP contribution in [0, 0.1) is 0 Å². The van der Waals surface area contributed by atoms with E-state index in [1.807, 2.05) is 18.2 Å². The molecule has 1 aromatic rings. The number of hydrogen-bond acceptors (Lipinski definition) is 5. The predicted molar refractivity (Wildman–Crippen MR) is 72.2 cm³/mol. The molecule has 0 spiro atoms. The summed E-state index contributed by atoms with van der Waals surface area (Å²) in [6.45, 7) is 1.54. The standard InChI is InChI=1S/C13H20N4O2/c1-19-13-4-2-3-10(15-13)9-17(11-5-6-11)8-7-12(14)16-18/h2-4,11,18H,5-9H2,1H3,(H2,14,16). The van der Waals surface area contributed by atoms with Crippen molar-refractivity contribution in [2.75, 3.05) is 13.7 Å². The Labute approximate surface area is 112 Å². The van der Waals surface area contributed by atoms with Crippen LogP contribution in [0.1, 0.15) is 25.0 Å². The molecule has 6 heteroatoms. The number of aromatic nitrogens is 1. The van der Waals surface area contributed by atoms with Crippen LogP contribution in [0.25, 0.3) is 0 Å². The lowest BCUT2D eigenvalue weighted by atomic mass is 10.3.